The second-order valence-electron chi connectivity index (χ2n) is 6.60. The minimum absolute atomic E-state index is 0.218. The first-order valence-electron chi connectivity index (χ1n) is 7.77. The number of rotatable bonds is 6. The van der Waals surface area contributed by atoms with Gasteiger partial charge in [0.1, 0.15) is 0 Å². The molecule has 1 aliphatic carbocycles. The molecule has 0 aromatic carbocycles. The van der Waals surface area contributed by atoms with Gasteiger partial charge >= 0.3 is 5.97 Å². The van der Waals surface area contributed by atoms with Crippen LogP contribution >= 0.6 is 0 Å². The van der Waals surface area contributed by atoms with Gasteiger partial charge in [-0.15, -0.1) is 0 Å². The summed E-state index contributed by atoms with van der Waals surface area (Å²) in [6, 6.07) is 1.14. The average Bonchev–Trinajstić information content (AvgIpc) is 2.38. The highest BCUT2D eigenvalue weighted by molar-refractivity contribution is 6.77. The molecule has 0 saturated heterocycles. The van der Waals surface area contributed by atoms with E-state index < -0.39 is 8.32 Å². The van der Waals surface area contributed by atoms with E-state index in [1.807, 2.05) is 0 Å². The third-order valence-corrected chi connectivity index (χ3v) is 10.5. The third-order valence-electron chi connectivity index (χ3n) is 4.74. The zero-order valence-electron chi connectivity index (χ0n) is 13.1. The summed E-state index contributed by atoms with van der Waals surface area (Å²) in [5, 5.41) is 0. The molecule has 1 rings (SSSR count). The monoisotopic (exact) mass is 282 g/mol. The van der Waals surface area contributed by atoms with E-state index in [1.165, 1.54) is 38.2 Å². The summed E-state index contributed by atoms with van der Waals surface area (Å²) in [6.07, 6.45) is 8.04. The number of carbonyl (C=O) groups excluding carboxylic acids is 1. The van der Waals surface area contributed by atoms with Gasteiger partial charge in [0.25, 0.3) is 8.32 Å². The van der Waals surface area contributed by atoms with Crippen molar-refractivity contribution in [2.24, 2.45) is 5.92 Å². The summed E-state index contributed by atoms with van der Waals surface area (Å²) in [5.74, 6) is 0.549. The van der Waals surface area contributed by atoms with Crippen LogP contribution in [0, 0.1) is 5.92 Å². The molecule has 0 heterocycles. The molecule has 0 aromatic rings. The molecule has 0 radical (unpaired) electrons. The minimum atomic E-state index is -2.04. The predicted octanol–water partition coefficient (Wildman–Crippen LogP) is 5.06. The van der Waals surface area contributed by atoms with E-state index in [4.69, 9.17) is 4.43 Å². The zero-order valence-corrected chi connectivity index (χ0v) is 14.1. The molecule has 0 N–H and O–H groups in total. The standard InChI is InChI=1S/C16H30O2Si/c1-6-16(17)18-19(13(2)3,14(4)5)12-15-10-8-7-9-11-15/h6,13-15H,1,7-12H2,2-5H3. The van der Waals surface area contributed by atoms with Crippen molar-refractivity contribution < 1.29 is 9.22 Å². The third kappa shape index (κ3) is 4.20. The molecule has 2 nitrogen and oxygen atoms in total. The second-order valence-corrected chi connectivity index (χ2v) is 11.4. The Labute approximate surface area is 119 Å². The summed E-state index contributed by atoms with van der Waals surface area (Å²) in [5.41, 5.74) is 0.941. The Balaban J connectivity index is 2.87. The molecule has 1 aliphatic rings. The van der Waals surface area contributed by atoms with Crippen molar-refractivity contribution in [1.29, 1.82) is 0 Å². The first-order chi connectivity index (χ1) is 8.92. The van der Waals surface area contributed by atoms with Crippen LogP contribution in [-0.2, 0) is 9.22 Å². The Morgan fingerprint density at radius 1 is 1.21 bits per heavy atom. The molecule has 1 fully saturated rings. The summed E-state index contributed by atoms with van der Waals surface area (Å²) in [6.45, 7) is 12.5. The highest BCUT2D eigenvalue weighted by Gasteiger charge is 2.46. The molecule has 19 heavy (non-hydrogen) atoms. The van der Waals surface area contributed by atoms with E-state index in [9.17, 15) is 4.79 Å². The molecule has 0 spiro atoms. The lowest BCUT2D eigenvalue weighted by Gasteiger charge is -2.40. The lowest BCUT2D eigenvalue weighted by molar-refractivity contribution is -0.130. The fraction of sp³-hybridized carbons (Fsp3) is 0.812. The molecule has 0 unspecified atom stereocenters. The quantitative estimate of drug-likeness (QED) is 0.502. The van der Waals surface area contributed by atoms with Crippen LogP contribution in [0.4, 0.5) is 0 Å². The maximum Gasteiger partial charge on any atom is 0.316 e. The number of carbonyl (C=O) groups is 1. The van der Waals surface area contributed by atoms with Crippen LogP contribution in [0.5, 0.6) is 0 Å². The number of hydrogen-bond donors (Lipinski definition) is 0. The molecule has 0 atom stereocenters. The summed E-state index contributed by atoms with van der Waals surface area (Å²) >= 11 is 0. The van der Waals surface area contributed by atoms with E-state index in [0.717, 1.165) is 12.0 Å². The molecule has 0 bridgehead atoms. The van der Waals surface area contributed by atoms with Crippen LogP contribution in [0.15, 0.2) is 12.7 Å². The van der Waals surface area contributed by atoms with Crippen molar-refractivity contribution in [3.05, 3.63) is 12.7 Å². The summed E-state index contributed by atoms with van der Waals surface area (Å²) < 4.78 is 5.99. The normalized spacial score (nSPS) is 17.8. The molecule has 0 amide bonds. The summed E-state index contributed by atoms with van der Waals surface area (Å²) in [7, 11) is -2.04. The van der Waals surface area contributed by atoms with Gasteiger partial charge in [0, 0.05) is 6.08 Å². The van der Waals surface area contributed by atoms with E-state index in [2.05, 4.69) is 34.3 Å². The van der Waals surface area contributed by atoms with E-state index >= 15 is 0 Å². The van der Waals surface area contributed by atoms with E-state index in [-0.39, 0.29) is 5.97 Å². The highest BCUT2D eigenvalue weighted by atomic mass is 28.4. The Bertz CT molecular complexity index is 296. The van der Waals surface area contributed by atoms with Crippen molar-refractivity contribution in [2.45, 2.75) is 76.9 Å². The van der Waals surface area contributed by atoms with Crippen LogP contribution < -0.4 is 0 Å². The topological polar surface area (TPSA) is 26.3 Å². The van der Waals surface area contributed by atoms with Gasteiger partial charge in [-0.05, 0) is 23.0 Å². The lowest BCUT2D eigenvalue weighted by atomic mass is 9.91. The van der Waals surface area contributed by atoms with Gasteiger partial charge in [-0.2, -0.15) is 0 Å². The van der Waals surface area contributed by atoms with Crippen molar-refractivity contribution in [3.8, 4) is 0 Å². The lowest BCUT2D eigenvalue weighted by Crippen LogP contribution is -2.47. The van der Waals surface area contributed by atoms with Gasteiger partial charge in [-0.3, -0.25) is 0 Å². The van der Waals surface area contributed by atoms with Crippen molar-refractivity contribution in [1.82, 2.24) is 0 Å². The Morgan fingerprint density at radius 3 is 2.16 bits per heavy atom. The molecular weight excluding hydrogens is 252 g/mol. The SMILES string of the molecule is C=CC(=O)O[Si](CC1CCCCC1)(C(C)C)C(C)C. The van der Waals surface area contributed by atoms with Crippen molar-refractivity contribution in [3.63, 3.8) is 0 Å². The van der Waals surface area contributed by atoms with Crippen LogP contribution in [0.25, 0.3) is 0 Å². The van der Waals surface area contributed by atoms with Gasteiger partial charge in [-0.25, -0.2) is 4.79 Å². The minimum Gasteiger partial charge on any atom is -0.515 e. The average molecular weight is 282 g/mol. The van der Waals surface area contributed by atoms with Crippen LogP contribution in [0.2, 0.25) is 17.1 Å². The molecule has 1 saturated carbocycles. The number of hydrogen-bond acceptors (Lipinski definition) is 2. The second kappa shape index (κ2) is 7.27. The van der Waals surface area contributed by atoms with Crippen molar-refractivity contribution >= 4 is 14.3 Å². The van der Waals surface area contributed by atoms with E-state index in [1.54, 1.807) is 0 Å². The molecule has 0 aromatic heterocycles. The maximum atomic E-state index is 11.8. The van der Waals surface area contributed by atoms with Crippen LogP contribution in [0.1, 0.15) is 59.8 Å². The fourth-order valence-electron chi connectivity index (χ4n) is 3.49. The Kier molecular flexibility index (Phi) is 6.31. The zero-order chi connectivity index (χ0) is 14.5. The van der Waals surface area contributed by atoms with Crippen LogP contribution in [-0.4, -0.2) is 14.3 Å². The largest absolute Gasteiger partial charge is 0.515 e. The Morgan fingerprint density at radius 2 is 1.74 bits per heavy atom. The van der Waals surface area contributed by atoms with E-state index in [0.29, 0.717) is 11.1 Å². The first kappa shape index (κ1) is 16.5. The first-order valence-corrected chi connectivity index (χ1v) is 10.0. The molecule has 110 valence electrons. The smallest absolute Gasteiger partial charge is 0.316 e. The predicted molar refractivity (Wildman–Crippen MR) is 83.6 cm³/mol. The van der Waals surface area contributed by atoms with Crippen LogP contribution in [0.3, 0.4) is 0 Å². The molecule has 0 aliphatic heterocycles. The van der Waals surface area contributed by atoms with Gasteiger partial charge in [0.15, 0.2) is 0 Å². The van der Waals surface area contributed by atoms with Gasteiger partial charge < -0.3 is 4.43 Å². The Hall–Kier alpha value is -0.573. The van der Waals surface area contributed by atoms with Gasteiger partial charge in [0.05, 0.1) is 0 Å². The highest BCUT2D eigenvalue weighted by Crippen LogP contribution is 2.42. The fourth-order valence-corrected chi connectivity index (χ4v) is 8.09. The summed E-state index contributed by atoms with van der Waals surface area (Å²) in [4.78, 5) is 11.8. The van der Waals surface area contributed by atoms with Gasteiger partial charge in [-0.1, -0.05) is 66.4 Å². The van der Waals surface area contributed by atoms with Gasteiger partial charge in [0.2, 0.25) is 0 Å². The molecule has 3 heteroatoms. The maximum absolute atomic E-state index is 11.8. The van der Waals surface area contributed by atoms with Crippen molar-refractivity contribution in [2.75, 3.05) is 0 Å². The molecular formula is C16H30O2Si.